The van der Waals surface area contributed by atoms with E-state index in [1.807, 2.05) is 0 Å². The van der Waals surface area contributed by atoms with Gasteiger partial charge in [0.2, 0.25) is 0 Å². The first-order chi connectivity index (χ1) is 27.7. The highest BCUT2D eigenvalue weighted by Crippen LogP contribution is 2.57. The molecule has 3 nitrogen and oxygen atoms in total. The van der Waals surface area contributed by atoms with Crippen LogP contribution in [0.4, 0.5) is 0 Å². The molecule has 1 aliphatic carbocycles. The summed E-state index contributed by atoms with van der Waals surface area (Å²) >= 11 is 0. The van der Waals surface area contributed by atoms with Crippen LogP contribution in [-0.2, 0) is 12.0 Å². The van der Waals surface area contributed by atoms with Gasteiger partial charge < -0.3 is 4.57 Å². The minimum absolute atomic E-state index is 0.476. The minimum Gasteiger partial charge on any atom is -0.324 e. The van der Waals surface area contributed by atoms with E-state index in [2.05, 4.69) is 206 Å². The van der Waals surface area contributed by atoms with Gasteiger partial charge in [0.25, 0.3) is 0 Å². The standard InChI is InChI=1S/C53H37N3/c1-2-56-50-30-14-13-29-49(50)55-52(56)38-20-16-18-36(32-38)35-17-15-19-37(31-35)51-45-33-44-41-25-9-11-27-46(41)53(39-21-5-3-6-22-39,40-23-7-4-8-24-40)47(44)34-43(45)42-26-10-12-28-48(42)54-51/h3-34H,2H2,1H3. The third-order valence-corrected chi connectivity index (χ3v) is 11.8. The van der Waals surface area contributed by atoms with Crippen molar-refractivity contribution < 1.29 is 0 Å². The fourth-order valence-electron chi connectivity index (χ4n) is 9.41. The molecule has 1 aliphatic rings. The van der Waals surface area contributed by atoms with Crippen LogP contribution in [-0.4, -0.2) is 14.5 Å². The van der Waals surface area contributed by atoms with E-state index in [0.29, 0.717) is 0 Å². The van der Waals surface area contributed by atoms with Crippen molar-refractivity contribution in [3.63, 3.8) is 0 Å². The smallest absolute Gasteiger partial charge is 0.141 e. The molecule has 2 heterocycles. The van der Waals surface area contributed by atoms with E-state index in [0.717, 1.165) is 67.6 Å². The Morgan fingerprint density at radius 3 is 1.79 bits per heavy atom. The van der Waals surface area contributed by atoms with Crippen LogP contribution in [0, 0.1) is 0 Å². The molecule has 11 rings (SSSR count). The second-order valence-corrected chi connectivity index (χ2v) is 14.8. The Labute approximate surface area is 326 Å². The van der Waals surface area contributed by atoms with Crippen LogP contribution >= 0.6 is 0 Å². The maximum absolute atomic E-state index is 5.44. The zero-order valence-corrected chi connectivity index (χ0v) is 31.0. The normalized spacial score (nSPS) is 12.9. The van der Waals surface area contributed by atoms with Crippen LogP contribution in [0.2, 0.25) is 0 Å². The Morgan fingerprint density at radius 2 is 1.04 bits per heavy atom. The fourth-order valence-corrected chi connectivity index (χ4v) is 9.41. The highest BCUT2D eigenvalue weighted by atomic mass is 15.1. The summed E-state index contributed by atoms with van der Waals surface area (Å²) in [6, 6.07) is 70.6. The molecule has 0 spiro atoms. The number of aryl methyl sites for hydroxylation is 1. The van der Waals surface area contributed by atoms with Crippen molar-refractivity contribution in [2.75, 3.05) is 0 Å². The lowest BCUT2D eigenvalue weighted by molar-refractivity contribution is 0.769. The van der Waals surface area contributed by atoms with Crippen molar-refractivity contribution in [3.8, 4) is 44.9 Å². The van der Waals surface area contributed by atoms with E-state index in [4.69, 9.17) is 9.97 Å². The van der Waals surface area contributed by atoms with Gasteiger partial charge in [-0.15, -0.1) is 0 Å². The number of imidazole rings is 1. The van der Waals surface area contributed by atoms with Crippen molar-refractivity contribution in [3.05, 3.63) is 216 Å². The van der Waals surface area contributed by atoms with Gasteiger partial charge in [0.15, 0.2) is 0 Å². The number of aromatic nitrogens is 3. The molecule has 10 aromatic rings. The molecule has 0 unspecified atom stereocenters. The summed E-state index contributed by atoms with van der Waals surface area (Å²) in [5.74, 6) is 0.991. The van der Waals surface area contributed by atoms with Crippen LogP contribution in [0.15, 0.2) is 194 Å². The maximum Gasteiger partial charge on any atom is 0.141 e. The molecule has 0 fully saturated rings. The minimum atomic E-state index is -0.476. The highest BCUT2D eigenvalue weighted by Gasteiger charge is 2.46. The van der Waals surface area contributed by atoms with Crippen molar-refractivity contribution in [2.24, 2.45) is 0 Å². The van der Waals surface area contributed by atoms with Gasteiger partial charge in [0, 0.05) is 28.4 Å². The Hall–Kier alpha value is -7.10. The summed E-state index contributed by atoms with van der Waals surface area (Å²) < 4.78 is 2.30. The van der Waals surface area contributed by atoms with Crippen molar-refractivity contribution in [2.45, 2.75) is 18.9 Å². The van der Waals surface area contributed by atoms with Gasteiger partial charge in [-0.1, -0.05) is 152 Å². The summed E-state index contributed by atoms with van der Waals surface area (Å²) in [5.41, 5.74) is 15.8. The molecule has 0 radical (unpaired) electrons. The molecule has 0 saturated carbocycles. The summed E-state index contributed by atoms with van der Waals surface area (Å²) in [6.45, 7) is 3.03. The molecule has 0 amide bonds. The van der Waals surface area contributed by atoms with Crippen LogP contribution in [0.1, 0.15) is 29.2 Å². The van der Waals surface area contributed by atoms with Gasteiger partial charge in [0.05, 0.1) is 27.7 Å². The predicted octanol–water partition coefficient (Wildman–Crippen LogP) is 13.1. The average molecular weight is 716 g/mol. The number of benzene rings is 8. The number of rotatable bonds is 6. The second-order valence-electron chi connectivity index (χ2n) is 14.8. The number of para-hydroxylation sites is 3. The molecular formula is C53H37N3. The van der Waals surface area contributed by atoms with E-state index in [-0.39, 0.29) is 0 Å². The van der Waals surface area contributed by atoms with Crippen LogP contribution in [0.5, 0.6) is 0 Å². The maximum atomic E-state index is 5.44. The lowest BCUT2D eigenvalue weighted by atomic mass is 9.67. The molecule has 0 bridgehead atoms. The summed E-state index contributed by atoms with van der Waals surface area (Å²) in [7, 11) is 0. The summed E-state index contributed by atoms with van der Waals surface area (Å²) in [5, 5.41) is 3.51. The molecule has 8 aromatic carbocycles. The van der Waals surface area contributed by atoms with Gasteiger partial charge >= 0.3 is 0 Å². The molecular weight excluding hydrogens is 679 g/mol. The first-order valence-corrected chi connectivity index (χ1v) is 19.5. The highest BCUT2D eigenvalue weighted by molar-refractivity contribution is 6.13. The Balaban J connectivity index is 1.14. The number of hydrogen-bond acceptors (Lipinski definition) is 2. The second kappa shape index (κ2) is 12.8. The Kier molecular flexibility index (Phi) is 7.36. The largest absolute Gasteiger partial charge is 0.324 e. The van der Waals surface area contributed by atoms with E-state index >= 15 is 0 Å². The molecule has 56 heavy (non-hydrogen) atoms. The third kappa shape index (κ3) is 4.77. The number of hydrogen-bond donors (Lipinski definition) is 0. The van der Waals surface area contributed by atoms with Crippen LogP contribution in [0.25, 0.3) is 77.6 Å². The van der Waals surface area contributed by atoms with Crippen molar-refractivity contribution in [1.29, 1.82) is 0 Å². The average Bonchev–Trinajstić information content (AvgIpc) is 3.80. The first kappa shape index (κ1) is 32.3. The molecule has 264 valence electrons. The number of nitrogens with zero attached hydrogens (tertiary/aromatic N) is 3. The fraction of sp³-hybridized carbons (Fsp3) is 0.0566. The zero-order valence-electron chi connectivity index (χ0n) is 31.0. The number of pyridine rings is 1. The van der Waals surface area contributed by atoms with Crippen LogP contribution < -0.4 is 0 Å². The topological polar surface area (TPSA) is 30.7 Å². The van der Waals surface area contributed by atoms with Gasteiger partial charge in [-0.25, -0.2) is 9.97 Å². The molecule has 3 heteroatoms. The molecule has 0 atom stereocenters. The lowest BCUT2D eigenvalue weighted by Gasteiger charge is -2.34. The van der Waals surface area contributed by atoms with Gasteiger partial charge in [-0.2, -0.15) is 0 Å². The quantitative estimate of drug-likeness (QED) is 0.161. The Morgan fingerprint density at radius 1 is 0.429 bits per heavy atom. The van der Waals surface area contributed by atoms with E-state index in [1.54, 1.807) is 0 Å². The van der Waals surface area contributed by atoms with Crippen LogP contribution in [0.3, 0.4) is 0 Å². The van der Waals surface area contributed by atoms with E-state index in [9.17, 15) is 0 Å². The van der Waals surface area contributed by atoms with E-state index < -0.39 is 5.41 Å². The molecule has 0 saturated heterocycles. The number of fused-ring (bicyclic) bond motifs is 7. The van der Waals surface area contributed by atoms with E-state index in [1.165, 1.54) is 38.8 Å². The van der Waals surface area contributed by atoms with Gasteiger partial charge in [-0.3, -0.25) is 0 Å². The molecule has 0 aliphatic heterocycles. The van der Waals surface area contributed by atoms with Gasteiger partial charge in [-0.05, 0) is 99.3 Å². The SMILES string of the molecule is CCn1c(-c2cccc(-c3cccc(-c4nc5ccccc5c5cc6c(cc45)-c4ccccc4C6(c4ccccc4)c4ccccc4)c3)c2)nc2ccccc21. The molecule has 0 N–H and O–H groups in total. The van der Waals surface area contributed by atoms with Crippen molar-refractivity contribution >= 4 is 32.7 Å². The Bertz CT molecular complexity index is 3080. The summed E-state index contributed by atoms with van der Waals surface area (Å²) in [4.78, 5) is 10.5. The lowest BCUT2D eigenvalue weighted by Crippen LogP contribution is -2.28. The van der Waals surface area contributed by atoms with Gasteiger partial charge in [0.1, 0.15) is 5.82 Å². The predicted molar refractivity (Wildman–Crippen MR) is 232 cm³/mol. The monoisotopic (exact) mass is 715 g/mol. The van der Waals surface area contributed by atoms with Crippen molar-refractivity contribution in [1.82, 2.24) is 14.5 Å². The zero-order chi connectivity index (χ0) is 37.2. The first-order valence-electron chi connectivity index (χ1n) is 19.5. The third-order valence-electron chi connectivity index (χ3n) is 11.8. The summed E-state index contributed by atoms with van der Waals surface area (Å²) in [6.07, 6.45) is 0. The molecule has 2 aromatic heterocycles.